The second-order valence-electron chi connectivity index (χ2n) is 9.50. The van der Waals surface area contributed by atoms with Gasteiger partial charge in [0.1, 0.15) is 0 Å². The minimum absolute atomic E-state index is 0.0139. The van der Waals surface area contributed by atoms with Crippen LogP contribution in [0.3, 0.4) is 0 Å². The van der Waals surface area contributed by atoms with Crippen LogP contribution in [0.15, 0.2) is 0 Å². The Morgan fingerprint density at radius 2 is 1.43 bits per heavy atom. The second kappa shape index (κ2) is 5.44. The van der Waals surface area contributed by atoms with Crippen LogP contribution in [-0.2, 0) is 9.84 Å². The van der Waals surface area contributed by atoms with E-state index in [0.717, 1.165) is 56.3 Å². The summed E-state index contributed by atoms with van der Waals surface area (Å²) in [6.07, 6.45) is 11.8. The van der Waals surface area contributed by atoms with Gasteiger partial charge in [0.25, 0.3) is 0 Å². The molecular formula is C19H31FO2S. The molecule has 1 atom stereocenters. The van der Waals surface area contributed by atoms with Gasteiger partial charge in [-0.3, -0.25) is 0 Å². The van der Waals surface area contributed by atoms with Crippen LogP contribution in [0.25, 0.3) is 0 Å². The average Bonchev–Trinajstić information content (AvgIpc) is 2.45. The highest BCUT2D eigenvalue weighted by Crippen LogP contribution is 2.63. The number of halogens is 1. The summed E-state index contributed by atoms with van der Waals surface area (Å²) in [5.74, 6) is 2.23. The van der Waals surface area contributed by atoms with Crippen molar-refractivity contribution >= 4 is 9.84 Å². The zero-order valence-electron chi connectivity index (χ0n) is 14.4. The normalized spacial score (nSPS) is 43.5. The van der Waals surface area contributed by atoms with Crippen molar-refractivity contribution < 1.29 is 12.8 Å². The van der Waals surface area contributed by atoms with E-state index in [1.807, 2.05) is 0 Å². The van der Waals surface area contributed by atoms with E-state index in [1.165, 1.54) is 26.2 Å². The molecule has 0 aromatic heterocycles. The van der Waals surface area contributed by atoms with Gasteiger partial charge in [0.05, 0.1) is 5.25 Å². The predicted octanol–water partition coefficient (Wildman–Crippen LogP) is 5.03. The number of hydrogen-bond donors (Lipinski definition) is 0. The first kappa shape index (κ1) is 16.4. The lowest BCUT2D eigenvalue weighted by Gasteiger charge is -2.58. The molecule has 5 aliphatic rings. The molecule has 0 amide bonds. The van der Waals surface area contributed by atoms with Gasteiger partial charge in [0, 0.05) is 6.42 Å². The molecule has 4 bridgehead atoms. The monoisotopic (exact) mass is 342 g/mol. The third kappa shape index (κ3) is 2.77. The number of hydrogen-bond acceptors (Lipinski definition) is 2. The molecule has 132 valence electrons. The van der Waals surface area contributed by atoms with E-state index in [0.29, 0.717) is 12.8 Å². The maximum atomic E-state index is 15.6. The van der Waals surface area contributed by atoms with Gasteiger partial charge < -0.3 is 0 Å². The molecule has 5 fully saturated rings. The lowest BCUT2D eigenvalue weighted by Crippen LogP contribution is -2.51. The molecule has 5 saturated carbocycles. The first-order chi connectivity index (χ1) is 10.8. The van der Waals surface area contributed by atoms with E-state index in [1.54, 1.807) is 0 Å². The van der Waals surface area contributed by atoms with E-state index in [4.69, 9.17) is 0 Å². The van der Waals surface area contributed by atoms with Crippen molar-refractivity contribution in [1.29, 1.82) is 0 Å². The molecule has 0 N–H and O–H groups in total. The van der Waals surface area contributed by atoms with E-state index in [2.05, 4.69) is 0 Å². The second-order valence-corrected chi connectivity index (χ2v) is 12.1. The van der Waals surface area contributed by atoms with Crippen LogP contribution in [0.4, 0.5) is 4.39 Å². The molecule has 0 radical (unpaired) electrons. The van der Waals surface area contributed by atoms with Gasteiger partial charge in [0.2, 0.25) is 5.00 Å². The fourth-order valence-corrected chi connectivity index (χ4v) is 9.16. The van der Waals surface area contributed by atoms with E-state index in [-0.39, 0.29) is 11.8 Å². The highest BCUT2D eigenvalue weighted by atomic mass is 32.2. The van der Waals surface area contributed by atoms with Gasteiger partial charge >= 0.3 is 0 Å². The minimum Gasteiger partial charge on any atom is -0.227 e. The van der Waals surface area contributed by atoms with Crippen molar-refractivity contribution in [3.63, 3.8) is 0 Å². The highest BCUT2D eigenvalue weighted by Gasteiger charge is 2.56. The lowest BCUT2D eigenvalue weighted by molar-refractivity contribution is -0.0706. The van der Waals surface area contributed by atoms with E-state index >= 15 is 4.39 Å². The number of sulfone groups is 1. The molecule has 5 rings (SSSR count). The largest absolute Gasteiger partial charge is 0.227 e. The molecule has 0 spiro atoms. The highest BCUT2D eigenvalue weighted by molar-refractivity contribution is 7.93. The van der Waals surface area contributed by atoms with Gasteiger partial charge in [-0.1, -0.05) is 19.3 Å². The fourth-order valence-electron chi connectivity index (χ4n) is 7.00. The Morgan fingerprint density at radius 1 is 0.957 bits per heavy atom. The first-order valence-corrected chi connectivity index (χ1v) is 11.3. The molecule has 4 heteroatoms. The fraction of sp³-hybridized carbons (Fsp3) is 1.00. The van der Waals surface area contributed by atoms with Gasteiger partial charge in [-0.2, -0.15) is 0 Å². The van der Waals surface area contributed by atoms with Crippen molar-refractivity contribution in [1.82, 2.24) is 0 Å². The molecule has 0 heterocycles. The molecule has 1 unspecified atom stereocenters. The molecule has 0 aliphatic heterocycles. The summed E-state index contributed by atoms with van der Waals surface area (Å²) in [6.45, 7) is 1.38. The Hall–Kier alpha value is -0.120. The van der Waals surface area contributed by atoms with Crippen LogP contribution in [0.2, 0.25) is 0 Å². The molecule has 0 aromatic carbocycles. The zero-order chi connectivity index (χ0) is 16.3. The maximum absolute atomic E-state index is 15.6. The third-order valence-corrected chi connectivity index (χ3v) is 10.1. The molecule has 0 aromatic rings. The summed E-state index contributed by atoms with van der Waals surface area (Å²) in [4.78, 5) is 0. The van der Waals surface area contributed by atoms with Crippen molar-refractivity contribution in [2.24, 2.45) is 23.2 Å². The van der Waals surface area contributed by atoms with Gasteiger partial charge in [-0.15, -0.1) is 0 Å². The molecule has 2 nitrogen and oxygen atoms in total. The van der Waals surface area contributed by atoms with E-state index in [9.17, 15) is 8.42 Å². The summed E-state index contributed by atoms with van der Waals surface area (Å²) in [5.41, 5.74) is -0.0139. The number of alkyl halides is 1. The Bertz CT molecular complexity index is 525. The molecular weight excluding hydrogens is 311 g/mol. The van der Waals surface area contributed by atoms with Crippen LogP contribution in [0.5, 0.6) is 0 Å². The summed E-state index contributed by atoms with van der Waals surface area (Å²) in [5, 5.41) is -2.46. The Kier molecular flexibility index (Phi) is 3.87. The van der Waals surface area contributed by atoms with Crippen molar-refractivity contribution in [2.75, 3.05) is 0 Å². The van der Waals surface area contributed by atoms with Crippen LogP contribution in [0.1, 0.15) is 84.0 Å². The van der Waals surface area contributed by atoms with Crippen molar-refractivity contribution in [3.8, 4) is 0 Å². The smallest absolute Gasteiger partial charge is 0.208 e. The molecule has 0 saturated heterocycles. The summed E-state index contributed by atoms with van der Waals surface area (Å²) in [6, 6.07) is 0. The Balaban J connectivity index is 1.55. The quantitative estimate of drug-likeness (QED) is 0.718. The van der Waals surface area contributed by atoms with Crippen molar-refractivity contribution in [2.45, 2.75) is 94.2 Å². The summed E-state index contributed by atoms with van der Waals surface area (Å²) < 4.78 is 41.5. The maximum Gasteiger partial charge on any atom is 0.208 e. The molecule has 23 heavy (non-hydrogen) atoms. The van der Waals surface area contributed by atoms with Crippen molar-refractivity contribution in [3.05, 3.63) is 0 Å². The van der Waals surface area contributed by atoms with Gasteiger partial charge in [-0.05, 0) is 81.5 Å². The Morgan fingerprint density at radius 3 is 1.91 bits per heavy atom. The van der Waals surface area contributed by atoms with Crippen LogP contribution in [-0.4, -0.2) is 18.7 Å². The standard InChI is InChI=1S/C19H31FO2S/c1-18(20,23(21,22)17-5-3-2-4-6-17)13-19-10-14-7-15(11-19)9-16(8-14)12-19/h14-17H,2-13H2,1H3. The Labute approximate surface area is 140 Å². The SMILES string of the molecule is CC(F)(CC12CC3CC(CC(C3)C1)C2)S(=O)(=O)C1CCCCC1. The third-order valence-electron chi connectivity index (χ3n) is 7.44. The topological polar surface area (TPSA) is 34.1 Å². The zero-order valence-corrected chi connectivity index (χ0v) is 15.2. The summed E-state index contributed by atoms with van der Waals surface area (Å²) in [7, 11) is -3.67. The lowest BCUT2D eigenvalue weighted by atomic mass is 9.48. The summed E-state index contributed by atoms with van der Waals surface area (Å²) >= 11 is 0. The predicted molar refractivity (Wildman–Crippen MR) is 90.5 cm³/mol. The average molecular weight is 343 g/mol. The van der Waals surface area contributed by atoms with Crippen LogP contribution >= 0.6 is 0 Å². The van der Waals surface area contributed by atoms with E-state index < -0.39 is 20.1 Å². The number of rotatable bonds is 4. The van der Waals surface area contributed by atoms with Gasteiger partial charge in [0.15, 0.2) is 9.84 Å². The molecule has 5 aliphatic carbocycles. The van der Waals surface area contributed by atoms with Crippen LogP contribution in [0, 0.1) is 23.2 Å². The first-order valence-electron chi connectivity index (χ1n) is 9.72. The van der Waals surface area contributed by atoms with Crippen LogP contribution < -0.4 is 0 Å². The minimum atomic E-state index is -3.67. The van der Waals surface area contributed by atoms with Gasteiger partial charge in [-0.25, -0.2) is 12.8 Å².